The third-order valence-corrected chi connectivity index (χ3v) is 3.35. The van der Waals surface area contributed by atoms with Crippen molar-refractivity contribution in [1.82, 2.24) is 10.2 Å². The Balaban J connectivity index is 2.81. The number of rotatable bonds is 8. The smallest absolute Gasteiger partial charge is 0.251 e. The van der Waals surface area contributed by atoms with E-state index < -0.39 is 0 Å². The van der Waals surface area contributed by atoms with Gasteiger partial charge < -0.3 is 16.0 Å². The third-order valence-electron chi connectivity index (χ3n) is 3.35. The van der Waals surface area contributed by atoms with Gasteiger partial charge in [-0.15, -0.1) is 0 Å². The average Bonchev–Trinajstić information content (AvgIpc) is 2.38. The van der Waals surface area contributed by atoms with Crippen molar-refractivity contribution in [2.24, 2.45) is 11.7 Å². The lowest BCUT2D eigenvalue weighted by atomic mass is 10.0. The zero-order valence-corrected chi connectivity index (χ0v) is 13.7. The summed E-state index contributed by atoms with van der Waals surface area (Å²) in [5.41, 5.74) is 7.39. The van der Waals surface area contributed by atoms with Gasteiger partial charge in [-0.3, -0.25) is 4.79 Å². The largest absolute Gasteiger partial charge is 0.348 e. The second-order valence-electron chi connectivity index (χ2n) is 6.26. The molecule has 4 nitrogen and oxygen atoms in total. The number of nitrogens with one attached hydrogen (secondary N) is 1. The van der Waals surface area contributed by atoms with Crippen molar-refractivity contribution in [3.63, 3.8) is 0 Å². The van der Waals surface area contributed by atoms with E-state index in [-0.39, 0.29) is 11.9 Å². The molecule has 0 aromatic heterocycles. The number of benzene rings is 1. The van der Waals surface area contributed by atoms with Crippen LogP contribution in [0.1, 0.15) is 36.2 Å². The Kier molecular flexibility index (Phi) is 7.40. The molecule has 0 saturated heterocycles. The highest BCUT2D eigenvalue weighted by atomic mass is 16.1. The minimum absolute atomic E-state index is 0.00606. The number of amides is 1. The Morgan fingerprint density at radius 1 is 1.29 bits per heavy atom. The second-order valence-corrected chi connectivity index (χ2v) is 6.26. The minimum atomic E-state index is 0.00606. The summed E-state index contributed by atoms with van der Waals surface area (Å²) in [6.07, 6.45) is 1.70. The molecule has 21 heavy (non-hydrogen) atoms. The average molecular weight is 291 g/mol. The summed E-state index contributed by atoms with van der Waals surface area (Å²) in [7, 11) is 4.06. The molecule has 0 aliphatic rings. The first kappa shape index (κ1) is 17.7. The summed E-state index contributed by atoms with van der Waals surface area (Å²) in [4.78, 5) is 14.7. The van der Waals surface area contributed by atoms with E-state index in [9.17, 15) is 4.79 Å². The van der Waals surface area contributed by atoms with Gasteiger partial charge in [-0.25, -0.2) is 0 Å². The van der Waals surface area contributed by atoms with E-state index in [0.717, 1.165) is 30.5 Å². The van der Waals surface area contributed by atoms with Gasteiger partial charge in [0, 0.05) is 18.2 Å². The molecule has 118 valence electrons. The van der Waals surface area contributed by atoms with Gasteiger partial charge >= 0.3 is 0 Å². The highest BCUT2D eigenvalue weighted by Crippen LogP contribution is 2.11. The summed E-state index contributed by atoms with van der Waals surface area (Å²) >= 11 is 0. The van der Waals surface area contributed by atoms with Crippen molar-refractivity contribution in [2.75, 3.05) is 27.2 Å². The summed E-state index contributed by atoms with van der Waals surface area (Å²) in [5, 5.41) is 3.17. The van der Waals surface area contributed by atoms with Crippen LogP contribution in [0.2, 0.25) is 0 Å². The van der Waals surface area contributed by atoms with Crippen LogP contribution in [0.25, 0.3) is 0 Å². The van der Waals surface area contributed by atoms with Crippen molar-refractivity contribution >= 4 is 5.91 Å². The van der Waals surface area contributed by atoms with Crippen LogP contribution in [0.4, 0.5) is 0 Å². The van der Waals surface area contributed by atoms with Crippen LogP contribution in [0.5, 0.6) is 0 Å². The maximum absolute atomic E-state index is 12.5. The first-order chi connectivity index (χ1) is 9.93. The Bertz CT molecular complexity index is 433. The number of carbonyl (C=O) groups is 1. The van der Waals surface area contributed by atoms with Gasteiger partial charge in [0.25, 0.3) is 5.91 Å². The predicted molar refractivity (Wildman–Crippen MR) is 88.5 cm³/mol. The van der Waals surface area contributed by atoms with Crippen molar-refractivity contribution in [3.05, 3.63) is 35.4 Å². The van der Waals surface area contributed by atoms with Crippen molar-refractivity contribution in [2.45, 2.75) is 32.7 Å². The fourth-order valence-corrected chi connectivity index (χ4v) is 2.57. The third kappa shape index (κ3) is 6.27. The fraction of sp³-hybridized carbons (Fsp3) is 0.588. The summed E-state index contributed by atoms with van der Waals surface area (Å²) in [6.45, 7) is 5.76. The number of carbonyl (C=O) groups excluding carboxylic acids is 1. The summed E-state index contributed by atoms with van der Waals surface area (Å²) in [6, 6.07) is 7.87. The van der Waals surface area contributed by atoms with E-state index in [2.05, 4.69) is 24.1 Å². The Hall–Kier alpha value is -1.39. The minimum Gasteiger partial charge on any atom is -0.348 e. The van der Waals surface area contributed by atoms with Gasteiger partial charge in [0.2, 0.25) is 0 Å². The monoisotopic (exact) mass is 291 g/mol. The van der Waals surface area contributed by atoms with E-state index in [4.69, 9.17) is 5.73 Å². The normalized spacial score (nSPS) is 12.7. The van der Waals surface area contributed by atoms with E-state index in [0.29, 0.717) is 12.5 Å². The number of hydrogen-bond acceptors (Lipinski definition) is 3. The lowest BCUT2D eigenvalue weighted by Crippen LogP contribution is -2.42. The number of nitrogens with zero attached hydrogens (tertiary/aromatic N) is 1. The van der Waals surface area contributed by atoms with Crippen LogP contribution >= 0.6 is 0 Å². The van der Waals surface area contributed by atoms with Crippen LogP contribution < -0.4 is 11.1 Å². The molecule has 0 saturated carbocycles. The van der Waals surface area contributed by atoms with E-state index in [1.54, 1.807) is 0 Å². The topological polar surface area (TPSA) is 58.4 Å². The molecule has 1 aromatic carbocycles. The van der Waals surface area contributed by atoms with Gasteiger partial charge in [-0.05, 0) is 51.0 Å². The molecule has 1 atom stereocenters. The van der Waals surface area contributed by atoms with Crippen LogP contribution in [0, 0.1) is 5.92 Å². The van der Waals surface area contributed by atoms with Crippen LogP contribution in [0.15, 0.2) is 24.3 Å². The summed E-state index contributed by atoms with van der Waals surface area (Å²) < 4.78 is 0. The molecule has 1 amide bonds. The zero-order chi connectivity index (χ0) is 15.8. The molecule has 0 bridgehead atoms. The lowest BCUT2D eigenvalue weighted by molar-refractivity contribution is 0.0923. The maximum atomic E-state index is 12.5. The van der Waals surface area contributed by atoms with Crippen molar-refractivity contribution in [3.8, 4) is 0 Å². The van der Waals surface area contributed by atoms with Gasteiger partial charge in [-0.2, -0.15) is 0 Å². The molecule has 1 aromatic rings. The first-order valence-corrected chi connectivity index (χ1v) is 7.67. The molecule has 3 N–H and O–H groups in total. The number of hydrogen-bond donors (Lipinski definition) is 2. The first-order valence-electron chi connectivity index (χ1n) is 7.67. The zero-order valence-electron chi connectivity index (χ0n) is 13.7. The second kappa shape index (κ2) is 8.80. The molecule has 0 heterocycles. The molecular formula is C17H29N3O. The molecular weight excluding hydrogens is 262 g/mol. The molecule has 4 heteroatoms. The molecule has 1 unspecified atom stereocenters. The summed E-state index contributed by atoms with van der Waals surface area (Å²) in [5.74, 6) is 0.557. The SMILES string of the molecule is CC(C)CC(CN(C)C)NC(=O)c1ccccc1CCN. The van der Waals surface area contributed by atoms with Crippen molar-refractivity contribution < 1.29 is 4.79 Å². The highest BCUT2D eigenvalue weighted by molar-refractivity contribution is 5.95. The molecule has 0 radical (unpaired) electrons. The van der Waals surface area contributed by atoms with Crippen molar-refractivity contribution in [1.29, 1.82) is 0 Å². The van der Waals surface area contributed by atoms with Gasteiger partial charge in [0.1, 0.15) is 0 Å². The Morgan fingerprint density at radius 2 is 1.95 bits per heavy atom. The van der Waals surface area contributed by atoms with Crippen LogP contribution in [-0.4, -0.2) is 44.0 Å². The highest BCUT2D eigenvalue weighted by Gasteiger charge is 2.17. The van der Waals surface area contributed by atoms with Crippen LogP contribution in [-0.2, 0) is 6.42 Å². The van der Waals surface area contributed by atoms with E-state index in [1.807, 2.05) is 38.4 Å². The fourth-order valence-electron chi connectivity index (χ4n) is 2.57. The van der Waals surface area contributed by atoms with Gasteiger partial charge in [-0.1, -0.05) is 32.0 Å². The Morgan fingerprint density at radius 3 is 2.52 bits per heavy atom. The predicted octanol–water partition coefficient (Wildman–Crippen LogP) is 1.89. The Labute approximate surface area is 128 Å². The van der Waals surface area contributed by atoms with Gasteiger partial charge in [0.05, 0.1) is 0 Å². The quantitative estimate of drug-likeness (QED) is 0.769. The lowest BCUT2D eigenvalue weighted by Gasteiger charge is -2.24. The van der Waals surface area contributed by atoms with Crippen LogP contribution in [0.3, 0.4) is 0 Å². The maximum Gasteiger partial charge on any atom is 0.251 e. The van der Waals surface area contributed by atoms with E-state index in [1.165, 1.54) is 0 Å². The molecule has 0 aliphatic heterocycles. The molecule has 0 spiro atoms. The van der Waals surface area contributed by atoms with Gasteiger partial charge in [0.15, 0.2) is 0 Å². The standard InChI is InChI=1S/C17H29N3O/c1-13(2)11-15(12-20(3)4)19-17(21)16-8-6-5-7-14(16)9-10-18/h5-8,13,15H,9-12,18H2,1-4H3,(H,19,21). The van der Waals surface area contributed by atoms with E-state index >= 15 is 0 Å². The molecule has 1 rings (SSSR count). The number of likely N-dealkylation sites (N-methyl/N-ethyl adjacent to an activating group) is 1. The molecule has 0 fully saturated rings. The number of nitrogens with two attached hydrogens (primary N) is 1. The molecule has 0 aliphatic carbocycles.